The molecule has 0 radical (unpaired) electrons. The highest BCUT2D eigenvalue weighted by Gasteiger charge is 2.62. The number of fused-ring (bicyclic) bond motifs is 1. The molecule has 2 aliphatic carbocycles. The van der Waals surface area contributed by atoms with Crippen molar-refractivity contribution in [1.29, 1.82) is 0 Å². The number of methoxy groups -OCH3 is 1. The van der Waals surface area contributed by atoms with Crippen molar-refractivity contribution in [2.75, 3.05) is 57.9 Å². The van der Waals surface area contributed by atoms with Crippen molar-refractivity contribution in [1.82, 2.24) is 29.5 Å². The molecule has 3 N–H and O–H groups in total. The molecule has 9 nitrogen and oxygen atoms in total. The summed E-state index contributed by atoms with van der Waals surface area (Å²) in [6.07, 6.45) is 3.76. The third kappa shape index (κ3) is 4.01. The van der Waals surface area contributed by atoms with Crippen molar-refractivity contribution in [3.05, 3.63) is 35.5 Å². The summed E-state index contributed by atoms with van der Waals surface area (Å²) >= 11 is 0. The summed E-state index contributed by atoms with van der Waals surface area (Å²) < 4.78 is 21.3. The number of benzene rings is 1. The van der Waals surface area contributed by atoms with E-state index in [2.05, 4.69) is 55.4 Å². The molecular formula is C27H35FN8O. The van der Waals surface area contributed by atoms with Crippen LogP contribution in [0.1, 0.15) is 30.4 Å². The number of rotatable bonds is 8. The zero-order valence-corrected chi connectivity index (χ0v) is 21.6. The van der Waals surface area contributed by atoms with E-state index < -0.39 is 6.17 Å². The number of alkyl halides is 1. The van der Waals surface area contributed by atoms with Gasteiger partial charge in [0.15, 0.2) is 5.82 Å². The zero-order valence-electron chi connectivity index (χ0n) is 21.6. The lowest BCUT2D eigenvalue weighted by atomic mass is 9.71. The first-order valence-electron chi connectivity index (χ1n) is 13.3. The molecule has 1 atom stereocenters. The number of halogens is 1. The van der Waals surface area contributed by atoms with E-state index in [4.69, 9.17) is 10.5 Å². The van der Waals surface area contributed by atoms with Gasteiger partial charge in [0.1, 0.15) is 23.0 Å². The predicted molar refractivity (Wildman–Crippen MR) is 140 cm³/mol. The predicted octanol–water partition coefficient (Wildman–Crippen LogP) is 2.76. The van der Waals surface area contributed by atoms with Crippen LogP contribution in [0.5, 0.6) is 5.75 Å². The van der Waals surface area contributed by atoms with Gasteiger partial charge in [0.2, 0.25) is 5.95 Å². The summed E-state index contributed by atoms with van der Waals surface area (Å²) in [6, 6.07) is 6.48. The molecule has 196 valence electrons. The number of ether oxygens (including phenoxy) is 1. The lowest BCUT2D eigenvalue weighted by molar-refractivity contribution is -0.107. The second-order valence-electron chi connectivity index (χ2n) is 12.1. The van der Waals surface area contributed by atoms with Gasteiger partial charge in [-0.1, -0.05) is 12.1 Å². The molecule has 10 heteroatoms. The van der Waals surface area contributed by atoms with Crippen molar-refractivity contribution < 1.29 is 9.13 Å². The van der Waals surface area contributed by atoms with E-state index in [0.29, 0.717) is 29.2 Å². The minimum Gasteiger partial charge on any atom is -0.496 e. The van der Waals surface area contributed by atoms with Gasteiger partial charge in [0, 0.05) is 55.7 Å². The van der Waals surface area contributed by atoms with E-state index >= 15 is 0 Å². The van der Waals surface area contributed by atoms with Crippen LogP contribution in [-0.4, -0.2) is 82.6 Å². The second kappa shape index (κ2) is 8.26. The Balaban J connectivity index is 1.06. The van der Waals surface area contributed by atoms with Gasteiger partial charge >= 0.3 is 0 Å². The first-order chi connectivity index (χ1) is 17.8. The lowest BCUT2D eigenvalue weighted by Crippen LogP contribution is -2.70. The molecule has 4 heterocycles. The maximum atomic E-state index is 13.6. The Morgan fingerprint density at radius 1 is 1.14 bits per heavy atom. The van der Waals surface area contributed by atoms with E-state index in [1.165, 1.54) is 31.7 Å². The number of nitrogens with zero attached hydrogens (tertiary/aromatic N) is 6. The molecule has 1 unspecified atom stereocenters. The number of nitrogens with two attached hydrogens (primary N) is 1. The summed E-state index contributed by atoms with van der Waals surface area (Å²) in [6.45, 7) is 7.01. The maximum Gasteiger partial charge on any atom is 0.222 e. The molecule has 37 heavy (non-hydrogen) atoms. The summed E-state index contributed by atoms with van der Waals surface area (Å²) in [5.41, 5.74) is 10.3. The van der Waals surface area contributed by atoms with Gasteiger partial charge in [-0.05, 0) is 43.9 Å². The van der Waals surface area contributed by atoms with Gasteiger partial charge in [0.05, 0.1) is 19.9 Å². The number of hydrogen-bond donors (Lipinski definition) is 2. The van der Waals surface area contributed by atoms with Crippen molar-refractivity contribution in [3.8, 4) is 5.75 Å². The van der Waals surface area contributed by atoms with Crippen molar-refractivity contribution >= 4 is 22.8 Å². The quantitative estimate of drug-likeness (QED) is 0.482. The molecule has 7 rings (SSSR count). The topological polar surface area (TPSA) is 97.4 Å². The monoisotopic (exact) mass is 506 g/mol. The van der Waals surface area contributed by atoms with Crippen LogP contribution in [0, 0.1) is 16.7 Å². The van der Waals surface area contributed by atoms with Crippen LogP contribution < -0.4 is 15.8 Å². The molecule has 2 spiro atoms. The summed E-state index contributed by atoms with van der Waals surface area (Å²) in [7, 11) is 3.91. The van der Waals surface area contributed by atoms with Gasteiger partial charge in [0.25, 0.3) is 0 Å². The van der Waals surface area contributed by atoms with Gasteiger partial charge in [-0.25, -0.2) is 9.37 Å². The van der Waals surface area contributed by atoms with Crippen LogP contribution in [-0.2, 0) is 13.1 Å². The standard InChI is InChI=1S/C27H35FN8O/c1-34-13-26(14-34)15-35(16-26)11-17-3-4-19(21(5-17)37-2)12-36-23-20(10-31-36)32-25(29)33-24(23)30-9-18-6-27(7-18)8-22(27)28/h3-5,10,18,22H,6-9,11-16H2,1-2H3,(H3,29,30,32,33). The molecule has 2 saturated heterocycles. The number of hydrogen-bond acceptors (Lipinski definition) is 8. The normalized spacial score (nSPS) is 28.2. The second-order valence-corrected chi connectivity index (χ2v) is 12.1. The smallest absolute Gasteiger partial charge is 0.222 e. The number of nitrogens with one attached hydrogen (secondary N) is 1. The van der Waals surface area contributed by atoms with Crippen LogP contribution in [0.3, 0.4) is 0 Å². The Morgan fingerprint density at radius 2 is 1.92 bits per heavy atom. The fourth-order valence-electron chi connectivity index (χ4n) is 7.21. The first kappa shape index (κ1) is 23.2. The molecule has 3 aromatic rings. The van der Waals surface area contributed by atoms with Crippen LogP contribution in [0.2, 0.25) is 0 Å². The van der Waals surface area contributed by atoms with E-state index in [9.17, 15) is 4.39 Å². The number of aromatic nitrogens is 4. The molecule has 2 aliphatic heterocycles. The summed E-state index contributed by atoms with van der Waals surface area (Å²) in [5.74, 6) is 2.21. The molecule has 1 aromatic carbocycles. The number of anilines is 2. The van der Waals surface area contributed by atoms with E-state index in [1.54, 1.807) is 13.3 Å². The Morgan fingerprint density at radius 3 is 2.62 bits per heavy atom. The first-order valence-corrected chi connectivity index (χ1v) is 13.3. The van der Waals surface area contributed by atoms with E-state index in [-0.39, 0.29) is 11.4 Å². The Labute approximate surface area is 216 Å². The highest BCUT2D eigenvalue weighted by molar-refractivity contribution is 5.86. The van der Waals surface area contributed by atoms with Crippen molar-refractivity contribution in [2.45, 2.75) is 38.5 Å². The number of nitrogen functional groups attached to an aromatic ring is 1. The van der Waals surface area contributed by atoms with Crippen LogP contribution in [0.25, 0.3) is 11.0 Å². The van der Waals surface area contributed by atoms with Crippen LogP contribution >= 0.6 is 0 Å². The fourth-order valence-corrected chi connectivity index (χ4v) is 7.21. The number of likely N-dealkylation sites (tertiary alicyclic amines) is 2. The SMILES string of the molecule is COc1cc(CN2CC3(CN(C)C3)C2)ccc1Cn1ncc2nc(N)nc(NCC3CC4(C3)CC4F)c21. The molecular weight excluding hydrogens is 471 g/mol. The third-order valence-corrected chi connectivity index (χ3v) is 8.95. The van der Waals surface area contributed by atoms with Gasteiger partial charge < -0.3 is 20.7 Å². The lowest BCUT2D eigenvalue weighted by Gasteiger charge is -2.59. The summed E-state index contributed by atoms with van der Waals surface area (Å²) in [4.78, 5) is 13.8. The highest BCUT2D eigenvalue weighted by atomic mass is 19.1. The average Bonchev–Trinajstić information content (AvgIpc) is 3.32. The molecule has 2 aromatic heterocycles. The van der Waals surface area contributed by atoms with Gasteiger partial charge in [-0.3, -0.25) is 9.58 Å². The molecule has 0 bridgehead atoms. The van der Waals surface area contributed by atoms with Crippen molar-refractivity contribution in [3.63, 3.8) is 0 Å². The highest BCUT2D eigenvalue weighted by Crippen LogP contribution is 2.64. The van der Waals surface area contributed by atoms with Gasteiger partial charge in [-0.15, -0.1) is 0 Å². The van der Waals surface area contributed by atoms with Gasteiger partial charge in [-0.2, -0.15) is 10.1 Å². The minimum atomic E-state index is -0.597. The van der Waals surface area contributed by atoms with E-state index in [0.717, 1.165) is 49.2 Å². The molecule has 0 amide bonds. The fraction of sp³-hybridized carbons (Fsp3) is 0.593. The maximum absolute atomic E-state index is 13.6. The van der Waals surface area contributed by atoms with E-state index in [1.807, 2.05) is 4.68 Å². The average molecular weight is 507 g/mol. The summed E-state index contributed by atoms with van der Waals surface area (Å²) in [5, 5.41) is 8.06. The zero-order chi connectivity index (χ0) is 25.4. The Hall–Kier alpha value is -2.98. The van der Waals surface area contributed by atoms with Crippen LogP contribution in [0.15, 0.2) is 24.4 Å². The van der Waals surface area contributed by atoms with Crippen molar-refractivity contribution in [2.24, 2.45) is 16.7 Å². The molecule has 4 aliphatic rings. The third-order valence-electron chi connectivity index (χ3n) is 8.95. The molecule has 4 fully saturated rings. The largest absolute Gasteiger partial charge is 0.496 e. The van der Waals surface area contributed by atoms with Crippen LogP contribution in [0.4, 0.5) is 16.2 Å². The molecule has 2 saturated carbocycles. The Bertz CT molecular complexity index is 1340. The Kier molecular flexibility index (Phi) is 5.17. The minimum absolute atomic E-state index is 0.0121.